The van der Waals surface area contributed by atoms with Gasteiger partial charge in [0.05, 0.1) is 5.39 Å². The first-order valence-corrected chi connectivity index (χ1v) is 10.8. The zero-order valence-corrected chi connectivity index (χ0v) is 17.4. The zero-order valence-electron chi connectivity index (χ0n) is 17.4. The van der Waals surface area contributed by atoms with Crippen LogP contribution in [0.15, 0.2) is 24.3 Å². The third-order valence-electron chi connectivity index (χ3n) is 6.48. The molecule has 1 fully saturated rings. The molecule has 1 aromatic carbocycles. The summed E-state index contributed by atoms with van der Waals surface area (Å²) in [6.45, 7) is 4.80. The van der Waals surface area contributed by atoms with Crippen LogP contribution < -0.4 is 11.1 Å². The summed E-state index contributed by atoms with van der Waals surface area (Å²) >= 11 is 0. The van der Waals surface area contributed by atoms with E-state index >= 15 is 0 Å². The molecule has 7 heteroatoms. The number of fused-ring (bicyclic) bond motifs is 2. The molecular formula is C23H28N6O. The highest BCUT2D eigenvalue weighted by Gasteiger charge is 2.23. The number of benzene rings is 1. The number of nitrogens with two attached hydrogens (primary N) is 1. The first-order valence-electron chi connectivity index (χ1n) is 10.8. The summed E-state index contributed by atoms with van der Waals surface area (Å²) in [5.74, 6) is 1.45. The fourth-order valence-electron chi connectivity index (χ4n) is 4.81. The molecule has 0 unspecified atom stereocenters. The molecule has 156 valence electrons. The van der Waals surface area contributed by atoms with Gasteiger partial charge in [0.15, 0.2) is 5.65 Å². The molecule has 0 spiro atoms. The van der Waals surface area contributed by atoms with Crippen molar-refractivity contribution in [2.24, 2.45) is 0 Å². The smallest absolute Gasteiger partial charge is 0.226 e. The van der Waals surface area contributed by atoms with Gasteiger partial charge in [-0.2, -0.15) is 9.97 Å². The number of aromatic nitrogens is 3. The molecule has 1 aliphatic heterocycles. The Morgan fingerprint density at radius 3 is 2.73 bits per heavy atom. The summed E-state index contributed by atoms with van der Waals surface area (Å²) in [5, 5.41) is 14.4. The lowest BCUT2D eigenvalue weighted by atomic mass is 10.0. The molecule has 0 saturated carbocycles. The molecule has 1 saturated heterocycles. The summed E-state index contributed by atoms with van der Waals surface area (Å²) in [5.41, 5.74) is 11.7. The van der Waals surface area contributed by atoms with Crippen LogP contribution in [0.2, 0.25) is 0 Å². The van der Waals surface area contributed by atoms with Gasteiger partial charge < -0.3 is 16.2 Å². The number of anilines is 2. The maximum absolute atomic E-state index is 10.0. The molecule has 3 heterocycles. The van der Waals surface area contributed by atoms with Gasteiger partial charge in [-0.05, 0) is 56.2 Å². The normalized spacial score (nSPS) is 17.4. The standard InChI is InChI=1S/C23H28N6O/c1-14-17-6-4-7-18(17)26-22-20(14)21(24)27-23(28-22)25-16-9-11-29(12-10-16)13-15-5-2-3-8-19(15)30/h2-3,5,8,16,30H,4,6-7,9-13H2,1H3,(H3,24,25,26,27,28). The number of hydrogen-bond acceptors (Lipinski definition) is 7. The van der Waals surface area contributed by atoms with Gasteiger partial charge in [-0.1, -0.05) is 18.2 Å². The van der Waals surface area contributed by atoms with Crippen molar-refractivity contribution < 1.29 is 5.11 Å². The van der Waals surface area contributed by atoms with E-state index in [1.165, 1.54) is 16.8 Å². The molecule has 3 aromatic rings. The molecule has 30 heavy (non-hydrogen) atoms. The Morgan fingerprint density at radius 2 is 1.93 bits per heavy atom. The van der Waals surface area contributed by atoms with Crippen LogP contribution in [0.3, 0.4) is 0 Å². The SMILES string of the molecule is Cc1c2c(nc3nc(NC4CCN(Cc5ccccc5O)CC4)nc(N)c13)CCC2. The van der Waals surface area contributed by atoms with Gasteiger partial charge in [0, 0.05) is 36.9 Å². The highest BCUT2D eigenvalue weighted by Crippen LogP contribution is 2.31. The Morgan fingerprint density at radius 1 is 1.13 bits per heavy atom. The van der Waals surface area contributed by atoms with E-state index < -0.39 is 0 Å². The Bertz CT molecular complexity index is 1090. The van der Waals surface area contributed by atoms with Gasteiger partial charge in [0.25, 0.3) is 0 Å². The first kappa shape index (κ1) is 19.1. The number of nitrogens with one attached hydrogen (secondary N) is 1. The monoisotopic (exact) mass is 404 g/mol. The van der Waals surface area contributed by atoms with Crippen molar-refractivity contribution >= 4 is 22.8 Å². The minimum absolute atomic E-state index is 0.304. The van der Waals surface area contributed by atoms with Crippen LogP contribution in [-0.2, 0) is 19.4 Å². The number of rotatable bonds is 4. The number of aromatic hydroxyl groups is 1. The van der Waals surface area contributed by atoms with E-state index in [9.17, 15) is 5.11 Å². The predicted molar refractivity (Wildman–Crippen MR) is 119 cm³/mol. The summed E-state index contributed by atoms with van der Waals surface area (Å²) in [6.07, 6.45) is 5.23. The predicted octanol–water partition coefficient (Wildman–Crippen LogP) is 3.19. The van der Waals surface area contributed by atoms with Crippen LogP contribution >= 0.6 is 0 Å². The second kappa shape index (κ2) is 7.72. The number of piperidine rings is 1. The minimum atomic E-state index is 0.304. The van der Waals surface area contributed by atoms with Crippen LogP contribution in [0.5, 0.6) is 5.75 Å². The van der Waals surface area contributed by atoms with Gasteiger partial charge in [0.1, 0.15) is 11.6 Å². The maximum Gasteiger partial charge on any atom is 0.226 e. The topological polar surface area (TPSA) is 100 Å². The molecule has 1 aliphatic carbocycles. The molecule has 0 atom stereocenters. The van der Waals surface area contributed by atoms with Gasteiger partial charge in [0.2, 0.25) is 5.95 Å². The number of aryl methyl sites for hydroxylation is 2. The largest absolute Gasteiger partial charge is 0.508 e. The zero-order chi connectivity index (χ0) is 20.7. The minimum Gasteiger partial charge on any atom is -0.508 e. The second-order valence-electron chi connectivity index (χ2n) is 8.47. The number of hydrogen-bond donors (Lipinski definition) is 3. The molecule has 4 N–H and O–H groups in total. The van der Waals surface area contributed by atoms with Crippen molar-refractivity contribution in [3.05, 3.63) is 46.6 Å². The molecule has 2 aliphatic rings. The van der Waals surface area contributed by atoms with Crippen LogP contribution in [0.4, 0.5) is 11.8 Å². The fourth-order valence-corrected chi connectivity index (χ4v) is 4.81. The van der Waals surface area contributed by atoms with Crippen molar-refractivity contribution in [2.45, 2.75) is 51.6 Å². The van der Waals surface area contributed by atoms with E-state index in [0.29, 0.717) is 29.2 Å². The van der Waals surface area contributed by atoms with Gasteiger partial charge in [-0.25, -0.2) is 4.98 Å². The van der Waals surface area contributed by atoms with E-state index in [1.807, 2.05) is 18.2 Å². The Kier molecular flexibility index (Phi) is 4.90. The Labute approximate surface area is 176 Å². The first-order chi connectivity index (χ1) is 14.6. The van der Waals surface area contributed by atoms with E-state index in [1.54, 1.807) is 6.07 Å². The number of likely N-dealkylation sites (tertiary alicyclic amines) is 1. The number of nitrogens with zero attached hydrogens (tertiary/aromatic N) is 4. The van der Waals surface area contributed by atoms with Crippen molar-refractivity contribution in [2.75, 3.05) is 24.1 Å². The van der Waals surface area contributed by atoms with Gasteiger partial charge in [-0.3, -0.25) is 4.90 Å². The average Bonchev–Trinajstić information content (AvgIpc) is 3.20. The van der Waals surface area contributed by atoms with Gasteiger partial charge >= 0.3 is 0 Å². The quantitative estimate of drug-likeness (QED) is 0.614. The van der Waals surface area contributed by atoms with E-state index in [4.69, 9.17) is 15.7 Å². The third kappa shape index (κ3) is 3.54. The summed E-state index contributed by atoms with van der Waals surface area (Å²) in [7, 11) is 0. The molecule has 0 radical (unpaired) electrons. The number of phenols is 1. The van der Waals surface area contributed by atoms with Crippen molar-refractivity contribution in [3.63, 3.8) is 0 Å². The number of pyridine rings is 1. The molecule has 2 aromatic heterocycles. The van der Waals surface area contributed by atoms with Gasteiger partial charge in [-0.15, -0.1) is 0 Å². The van der Waals surface area contributed by atoms with Crippen LogP contribution in [0.1, 0.15) is 41.6 Å². The fraction of sp³-hybridized carbons (Fsp3) is 0.435. The lowest BCUT2D eigenvalue weighted by Gasteiger charge is -2.32. The average molecular weight is 405 g/mol. The highest BCUT2D eigenvalue weighted by molar-refractivity contribution is 5.90. The highest BCUT2D eigenvalue weighted by atomic mass is 16.3. The molecule has 7 nitrogen and oxygen atoms in total. The van der Waals surface area contributed by atoms with Crippen LogP contribution in [0.25, 0.3) is 11.0 Å². The van der Waals surface area contributed by atoms with Crippen LogP contribution in [0, 0.1) is 6.92 Å². The van der Waals surface area contributed by atoms with Crippen LogP contribution in [-0.4, -0.2) is 44.1 Å². The molecular weight excluding hydrogens is 376 g/mol. The Hall–Kier alpha value is -2.93. The third-order valence-corrected chi connectivity index (χ3v) is 6.48. The van der Waals surface area contributed by atoms with E-state index in [2.05, 4.69) is 22.1 Å². The summed E-state index contributed by atoms with van der Waals surface area (Å²) in [6, 6.07) is 7.86. The summed E-state index contributed by atoms with van der Waals surface area (Å²) in [4.78, 5) is 16.4. The molecule has 0 amide bonds. The number of para-hydroxylation sites is 1. The second-order valence-corrected chi connectivity index (χ2v) is 8.47. The number of phenolic OH excluding ortho intramolecular Hbond substituents is 1. The maximum atomic E-state index is 10.0. The number of nitrogen functional groups attached to an aromatic ring is 1. The molecule has 5 rings (SSSR count). The van der Waals surface area contributed by atoms with Crippen molar-refractivity contribution in [3.8, 4) is 5.75 Å². The lowest BCUT2D eigenvalue weighted by molar-refractivity contribution is 0.209. The Balaban J connectivity index is 1.28. The molecule has 0 bridgehead atoms. The van der Waals surface area contributed by atoms with E-state index in [-0.39, 0.29) is 0 Å². The lowest BCUT2D eigenvalue weighted by Crippen LogP contribution is -2.39. The van der Waals surface area contributed by atoms with E-state index in [0.717, 1.165) is 62.7 Å². The van der Waals surface area contributed by atoms with Crippen molar-refractivity contribution in [1.29, 1.82) is 0 Å². The van der Waals surface area contributed by atoms with Crippen molar-refractivity contribution in [1.82, 2.24) is 19.9 Å². The summed E-state index contributed by atoms with van der Waals surface area (Å²) < 4.78 is 0.